The van der Waals surface area contributed by atoms with Crippen molar-refractivity contribution in [1.82, 2.24) is 10.7 Å². The van der Waals surface area contributed by atoms with E-state index in [0.29, 0.717) is 17.7 Å². The van der Waals surface area contributed by atoms with E-state index in [4.69, 9.17) is 0 Å². The maximum Gasteiger partial charge on any atom is 0.329 e. The Balaban J connectivity index is 1.70. The number of carbonyl (C=O) groups is 2. The summed E-state index contributed by atoms with van der Waals surface area (Å²) in [7, 11) is 0. The van der Waals surface area contributed by atoms with Gasteiger partial charge in [0.2, 0.25) is 0 Å². The smallest absolute Gasteiger partial charge is 0.329 e. The van der Waals surface area contributed by atoms with Gasteiger partial charge in [-0.25, -0.2) is 9.82 Å². The summed E-state index contributed by atoms with van der Waals surface area (Å²) in [6.45, 7) is 0. The zero-order valence-electron chi connectivity index (χ0n) is 11.2. The summed E-state index contributed by atoms with van der Waals surface area (Å²) < 4.78 is 13.3. The highest BCUT2D eigenvalue weighted by atomic mass is 32.2. The van der Waals surface area contributed by atoms with Crippen LogP contribution in [0.25, 0.3) is 0 Å². The van der Waals surface area contributed by atoms with Crippen LogP contribution in [0.2, 0.25) is 0 Å². The zero-order valence-corrected chi connectivity index (χ0v) is 12.0. The maximum atomic E-state index is 13.3. The molecule has 5 nitrogen and oxygen atoms in total. The van der Waals surface area contributed by atoms with Gasteiger partial charge in [-0.05, 0) is 31.0 Å². The molecule has 0 aromatic heterocycles. The van der Waals surface area contributed by atoms with Crippen molar-refractivity contribution in [1.29, 1.82) is 0 Å². The fourth-order valence-corrected chi connectivity index (χ4v) is 3.02. The second-order valence-electron chi connectivity index (χ2n) is 4.99. The largest absolute Gasteiger partial charge is 0.345 e. The lowest BCUT2D eigenvalue weighted by molar-refractivity contribution is -0.139. The molecule has 1 aliphatic carbocycles. The molecule has 0 atom stereocenters. The molecule has 0 radical (unpaired) electrons. The highest BCUT2D eigenvalue weighted by molar-refractivity contribution is 7.99. The first-order chi connectivity index (χ1) is 10.1. The molecule has 110 valence electrons. The summed E-state index contributed by atoms with van der Waals surface area (Å²) >= 11 is 1.62. The lowest BCUT2D eigenvalue weighted by Crippen LogP contribution is -2.39. The van der Waals surface area contributed by atoms with Crippen molar-refractivity contribution < 1.29 is 14.0 Å². The van der Waals surface area contributed by atoms with Crippen LogP contribution in [0, 0.1) is 5.82 Å². The Hall–Kier alpha value is -1.89. The summed E-state index contributed by atoms with van der Waals surface area (Å²) in [5.74, 6) is -0.999. The Bertz CT molecular complexity index is 629. The number of nitrogens with zero attached hydrogens (tertiary/aromatic N) is 1. The van der Waals surface area contributed by atoms with Gasteiger partial charge in [0.1, 0.15) is 5.82 Å². The van der Waals surface area contributed by atoms with Gasteiger partial charge in [0.15, 0.2) is 0 Å². The summed E-state index contributed by atoms with van der Waals surface area (Å²) in [5.41, 5.74) is 3.52. The van der Waals surface area contributed by atoms with E-state index in [-0.39, 0.29) is 11.9 Å². The van der Waals surface area contributed by atoms with Crippen molar-refractivity contribution in [3.63, 3.8) is 0 Å². The molecule has 1 aliphatic heterocycles. The number of amides is 2. The number of thioether (sulfide) groups is 1. The number of benzene rings is 1. The number of halogens is 1. The highest BCUT2D eigenvalue weighted by Gasteiger charge is 2.26. The van der Waals surface area contributed by atoms with E-state index in [1.807, 2.05) is 0 Å². The van der Waals surface area contributed by atoms with Crippen LogP contribution in [0.5, 0.6) is 0 Å². The van der Waals surface area contributed by atoms with Crippen LogP contribution in [0.15, 0.2) is 28.2 Å². The van der Waals surface area contributed by atoms with Gasteiger partial charge in [0.05, 0.1) is 5.71 Å². The number of carbonyl (C=O) groups excluding carboxylic acids is 2. The predicted octanol–water partition coefficient (Wildman–Crippen LogP) is 1.42. The fourth-order valence-electron chi connectivity index (χ4n) is 2.01. The fraction of sp³-hybridized carbons (Fsp3) is 0.357. The minimum Gasteiger partial charge on any atom is -0.345 e. The minimum atomic E-state index is -0.787. The Morgan fingerprint density at radius 3 is 2.86 bits per heavy atom. The van der Waals surface area contributed by atoms with Crippen LogP contribution in [-0.2, 0) is 9.59 Å². The molecule has 0 spiro atoms. The van der Waals surface area contributed by atoms with Crippen LogP contribution in [-0.4, -0.2) is 29.3 Å². The van der Waals surface area contributed by atoms with Crippen LogP contribution in [0.3, 0.4) is 0 Å². The Morgan fingerprint density at radius 2 is 2.10 bits per heavy atom. The van der Waals surface area contributed by atoms with Gasteiger partial charge in [-0.1, -0.05) is 0 Å². The summed E-state index contributed by atoms with van der Waals surface area (Å²) in [5, 5.41) is 6.58. The third kappa shape index (κ3) is 3.41. The maximum absolute atomic E-state index is 13.3. The van der Waals surface area contributed by atoms with E-state index < -0.39 is 11.8 Å². The molecule has 0 saturated heterocycles. The van der Waals surface area contributed by atoms with Gasteiger partial charge in [0.25, 0.3) is 0 Å². The predicted molar refractivity (Wildman–Crippen MR) is 77.6 cm³/mol. The molecule has 3 rings (SSSR count). The van der Waals surface area contributed by atoms with Crippen LogP contribution >= 0.6 is 11.8 Å². The normalized spacial score (nSPS) is 19.0. The second kappa shape index (κ2) is 5.85. The van der Waals surface area contributed by atoms with Gasteiger partial charge in [-0.15, -0.1) is 11.8 Å². The van der Waals surface area contributed by atoms with Crippen LogP contribution in [0.1, 0.15) is 24.8 Å². The molecule has 2 amide bonds. The van der Waals surface area contributed by atoms with E-state index in [1.165, 1.54) is 12.1 Å². The van der Waals surface area contributed by atoms with Crippen molar-refractivity contribution >= 4 is 29.3 Å². The number of hydrogen-bond donors (Lipinski definition) is 2. The van der Waals surface area contributed by atoms with Crippen molar-refractivity contribution in [2.75, 3.05) is 5.75 Å². The molecular formula is C14H14FN3O2S. The SMILES string of the molecule is O=C(NN=C1CCSc2ccc(F)cc21)C(=O)NC1CC1. The van der Waals surface area contributed by atoms with Gasteiger partial charge in [0, 0.05) is 28.7 Å². The van der Waals surface area contributed by atoms with E-state index in [2.05, 4.69) is 15.8 Å². The molecule has 1 aromatic rings. The van der Waals surface area contributed by atoms with E-state index in [9.17, 15) is 14.0 Å². The highest BCUT2D eigenvalue weighted by Crippen LogP contribution is 2.30. The van der Waals surface area contributed by atoms with E-state index >= 15 is 0 Å². The van der Waals surface area contributed by atoms with E-state index in [0.717, 1.165) is 23.5 Å². The third-order valence-electron chi connectivity index (χ3n) is 3.26. The van der Waals surface area contributed by atoms with Crippen molar-refractivity contribution in [2.45, 2.75) is 30.2 Å². The average Bonchev–Trinajstić information content (AvgIpc) is 3.28. The van der Waals surface area contributed by atoms with Crippen molar-refractivity contribution in [2.24, 2.45) is 5.10 Å². The second-order valence-corrected chi connectivity index (χ2v) is 6.12. The summed E-state index contributed by atoms with van der Waals surface area (Å²) in [6, 6.07) is 4.62. The Kier molecular flexibility index (Phi) is 3.92. The zero-order chi connectivity index (χ0) is 14.8. The molecular weight excluding hydrogens is 293 g/mol. The topological polar surface area (TPSA) is 70.6 Å². The lowest BCUT2D eigenvalue weighted by atomic mass is 10.1. The Labute approximate surface area is 125 Å². The number of rotatable bonds is 2. The van der Waals surface area contributed by atoms with Crippen LogP contribution < -0.4 is 10.7 Å². The third-order valence-corrected chi connectivity index (χ3v) is 4.34. The first kappa shape index (κ1) is 14.1. The van der Waals surface area contributed by atoms with Crippen LogP contribution in [0.4, 0.5) is 4.39 Å². The molecule has 1 heterocycles. The number of hydrazone groups is 1. The molecule has 0 unspecified atom stereocenters. The van der Waals surface area contributed by atoms with Crippen molar-refractivity contribution in [3.8, 4) is 0 Å². The Morgan fingerprint density at radius 1 is 1.29 bits per heavy atom. The standard InChI is InChI=1S/C14H14FN3O2S/c15-8-1-4-12-10(7-8)11(5-6-21-12)17-18-14(20)13(19)16-9-2-3-9/h1,4,7,9H,2-3,5-6H2,(H,16,19)(H,18,20). The number of hydrogen-bond acceptors (Lipinski definition) is 4. The summed E-state index contributed by atoms with van der Waals surface area (Å²) in [4.78, 5) is 24.1. The molecule has 0 bridgehead atoms. The number of nitrogens with one attached hydrogen (secondary N) is 2. The van der Waals surface area contributed by atoms with E-state index in [1.54, 1.807) is 17.8 Å². The molecule has 7 heteroatoms. The first-order valence-corrected chi connectivity index (χ1v) is 7.72. The minimum absolute atomic E-state index is 0.122. The monoisotopic (exact) mass is 307 g/mol. The quantitative estimate of drug-likeness (QED) is 0.641. The lowest BCUT2D eigenvalue weighted by Gasteiger charge is -2.17. The van der Waals surface area contributed by atoms with Crippen molar-refractivity contribution in [3.05, 3.63) is 29.6 Å². The van der Waals surface area contributed by atoms with Gasteiger partial charge in [-0.2, -0.15) is 5.10 Å². The molecule has 1 fully saturated rings. The average molecular weight is 307 g/mol. The molecule has 1 saturated carbocycles. The number of fused-ring (bicyclic) bond motifs is 1. The first-order valence-electron chi connectivity index (χ1n) is 6.73. The van der Waals surface area contributed by atoms with Gasteiger partial charge in [-0.3, -0.25) is 9.59 Å². The summed E-state index contributed by atoms with van der Waals surface area (Å²) in [6.07, 6.45) is 2.44. The molecule has 21 heavy (non-hydrogen) atoms. The molecule has 1 aromatic carbocycles. The molecule has 2 N–H and O–H groups in total. The molecule has 2 aliphatic rings. The van der Waals surface area contributed by atoms with Gasteiger partial charge >= 0.3 is 11.8 Å². The van der Waals surface area contributed by atoms with Gasteiger partial charge < -0.3 is 5.32 Å².